The number of hydrogen-bond acceptors (Lipinski definition) is 8. The molecule has 230 valence electrons. The van der Waals surface area contributed by atoms with E-state index in [0.29, 0.717) is 24.0 Å². The molecule has 45 heavy (non-hydrogen) atoms. The number of nitrogens with zero attached hydrogens (tertiary/aromatic N) is 2. The van der Waals surface area contributed by atoms with Crippen molar-refractivity contribution < 1.29 is 34.4 Å². The van der Waals surface area contributed by atoms with Crippen molar-refractivity contribution in [1.29, 1.82) is 0 Å². The molecule has 3 aromatic rings. The van der Waals surface area contributed by atoms with Crippen molar-refractivity contribution in [3.63, 3.8) is 0 Å². The third-order valence-corrected chi connectivity index (χ3v) is 9.43. The highest BCUT2D eigenvalue weighted by molar-refractivity contribution is 9.10. The number of nitro benzene ring substituents is 1. The fraction of sp³-hybridized carbons (Fsp3) is 0.273. The SMILES string of the molecule is O=C1[C@@H]2[C@@H](CC(CO)=C3[C@@H](CC/C(=C/c4cc(Br)ccc4O)c4ccccc4)OB(O)C[C@@H]32)C(=O)N1c1cccc([N+](=O)[O-])c1. The molecule has 2 amide bonds. The fourth-order valence-electron chi connectivity index (χ4n) is 6.98. The van der Waals surface area contributed by atoms with Crippen molar-refractivity contribution in [2.45, 2.75) is 31.7 Å². The molecule has 2 fully saturated rings. The van der Waals surface area contributed by atoms with Crippen molar-refractivity contribution >= 4 is 57.9 Å². The number of rotatable bonds is 8. The maximum Gasteiger partial charge on any atom is 0.455 e. The van der Waals surface area contributed by atoms with Gasteiger partial charge in [-0.2, -0.15) is 0 Å². The molecule has 0 saturated carbocycles. The first-order valence-corrected chi connectivity index (χ1v) is 15.5. The number of fused-ring (bicyclic) bond motifs is 3. The Hall–Kier alpha value is -4.10. The van der Waals surface area contributed by atoms with Crippen molar-refractivity contribution in [2.24, 2.45) is 17.8 Å². The summed E-state index contributed by atoms with van der Waals surface area (Å²) in [6.45, 7) is -0.337. The minimum atomic E-state index is -1.20. The van der Waals surface area contributed by atoms with E-state index in [2.05, 4.69) is 15.9 Å². The summed E-state index contributed by atoms with van der Waals surface area (Å²) in [6, 6.07) is 20.3. The summed E-state index contributed by atoms with van der Waals surface area (Å²) in [4.78, 5) is 39.3. The fourth-order valence-corrected chi connectivity index (χ4v) is 7.36. The maximum atomic E-state index is 13.9. The number of aliphatic hydroxyl groups is 1. The number of hydrogen-bond donors (Lipinski definition) is 3. The van der Waals surface area contributed by atoms with Gasteiger partial charge in [0.2, 0.25) is 11.8 Å². The minimum Gasteiger partial charge on any atom is -0.507 e. The molecular formula is C33H30BBrN2O8. The number of non-ortho nitro benzene ring substituents is 1. The third kappa shape index (κ3) is 5.98. The molecule has 0 bridgehead atoms. The zero-order valence-electron chi connectivity index (χ0n) is 24.1. The van der Waals surface area contributed by atoms with Crippen LogP contribution in [0.25, 0.3) is 11.6 Å². The number of amides is 2. The Kier molecular flexibility index (Phi) is 8.74. The summed E-state index contributed by atoms with van der Waals surface area (Å²) in [7, 11) is -1.20. The average molecular weight is 673 g/mol. The highest BCUT2D eigenvalue weighted by Crippen LogP contribution is 2.51. The number of aliphatic hydroxyl groups excluding tert-OH is 1. The summed E-state index contributed by atoms with van der Waals surface area (Å²) in [5.74, 6) is -2.96. The van der Waals surface area contributed by atoms with E-state index in [1.165, 1.54) is 24.3 Å². The van der Waals surface area contributed by atoms with Gasteiger partial charge in [-0.15, -0.1) is 0 Å². The Morgan fingerprint density at radius 3 is 2.58 bits per heavy atom. The van der Waals surface area contributed by atoms with Gasteiger partial charge in [0.25, 0.3) is 5.69 Å². The van der Waals surface area contributed by atoms with Crippen LogP contribution in [0.4, 0.5) is 11.4 Å². The quantitative estimate of drug-likeness (QED) is 0.0721. The number of carbonyl (C=O) groups is 2. The van der Waals surface area contributed by atoms with Crippen molar-refractivity contribution in [1.82, 2.24) is 0 Å². The normalized spacial score (nSPS) is 23.3. The summed E-state index contributed by atoms with van der Waals surface area (Å²) in [5, 5.41) is 43.2. The van der Waals surface area contributed by atoms with E-state index < -0.39 is 47.7 Å². The van der Waals surface area contributed by atoms with Crippen LogP contribution >= 0.6 is 15.9 Å². The van der Waals surface area contributed by atoms with Gasteiger partial charge >= 0.3 is 7.12 Å². The second-order valence-corrected chi connectivity index (χ2v) is 12.5. The number of carbonyl (C=O) groups excluding carboxylic acids is 2. The van der Waals surface area contributed by atoms with Crippen LogP contribution in [0.5, 0.6) is 5.75 Å². The van der Waals surface area contributed by atoms with Crippen LogP contribution in [-0.4, -0.2) is 51.8 Å². The number of phenols is 1. The standard InChI is InChI=1S/C33H30BBrN2O8/c35-23-10-11-28(39)21(14-23)13-20(19-5-2-1-3-6-19)9-12-29-30-22(18-38)15-26-31(27(30)17-34(42)45-29)33(41)36(32(26)40)24-7-4-8-25(16-24)37(43)44/h1-8,10-11,13-14,16,26-27,29,31,38-39,42H,9,12,15,17-18H2/b20-13-/t26-,27+,29-,31-/m1/s1. The molecule has 3 aromatic carbocycles. The molecule has 12 heteroatoms. The van der Waals surface area contributed by atoms with Gasteiger partial charge in [0.15, 0.2) is 0 Å². The number of benzene rings is 3. The number of anilines is 1. The Morgan fingerprint density at radius 1 is 1.07 bits per heavy atom. The van der Waals surface area contributed by atoms with E-state index in [1.54, 1.807) is 12.1 Å². The Morgan fingerprint density at radius 2 is 1.84 bits per heavy atom. The van der Waals surface area contributed by atoms with Crippen LogP contribution in [0, 0.1) is 27.9 Å². The lowest BCUT2D eigenvalue weighted by Gasteiger charge is -2.43. The molecule has 0 radical (unpaired) electrons. The summed E-state index contributed by atoms with van der Waals surface area (Å²) < 4.78 is 6.86. The van der Waals surface area contributed by atoms with Crippen molar-refractivity contribution in [3.05, 3.63) is 110 Å². The number of allylic oxidation sites excluding steroid dienone is 1. The monoisotopic (exact) mass is 672 g/mol. The first-order valence-electron chi connectivity index (χ1n) is 14.7. The molecule has 3 aliphatic rings. The highest BCUT2D eigenvalue weighted by atomic mass is 79.9. The summed E-state index contributed by atoms with van der Waals surface area (Å²) in [6.07, 6.45) is 2.36. The molecule has 6 rings (SSSR count). The van der Waals surface area contributed by atoms with Gasteiger partial charge in [0.05, 0.1) is 35.2 Å². The van der Waals surface area contributed by atoms with Crippen LogP contribution in [0.1, 0.15) is 30.4 Å². The van der Waals surface area contributed by atoms with E-state index in [1.807, 2.05) is 42.5 Å². The van der Waals surface area contributed by atoms with E-state index in [0.717, 1.165) is 26.1 Å². The van der Waals surface area contributed by atoms with E-state index in [9.17, 15) is 34.9 Å². The Bertz CT molecular complexity index is 1730. The van der Waals surface area contributed by atoms with Crippen LogP contribution in [-0.2, 0) is 14.2 Å². The number of halogens is 1. The van der Waals surface area contributed by atoms with E-state index in [4.69, 9.17) is 4.65 Å². The van der Waals surface area contributed by atoms with Gasteiger partial charge in [-0.25, -0.2) is 4.90 Å². The van der Waals surface area contributed by atoms with Gasteiger partial charge in [-0.3, -0.25) is 19.7 Å². The van der Waals surface area contributed by atoms with Crippen molar-refractivity contribution in [2.75, 3.05) is 11.5 Å². The van der Waals surface area contributed by atoms with E-state index in [-0.39, 0.29) is 36.5 Å². The summed E-state index contributed by atoms with van der Waals surface area (Å²) in [5.41, 5.74) is 3.69. The summed E-state index contributed by atoms with van der Waals surface area (Å²) >= 11 is 3.46. The first kappa shape index (κ1) is 30.9. The lowest BCUT2D eigenvalue weighted by atomic mass is 9.58. The second kappa shape index (κ2) is 12.7. The molecule has 3 N–H and O–H groups in total. The lowest BCUT2D eigenvalue weighted by Crippen LogP contribution is -2.46. The number of phenolic OH excluding ortho intramolecular Hbond substituents is 1. The Labute approximate surface area is 268 Å². The number of nitro groups is 1. The highest BCUT2D eigenvalue weighted by Gasteiger charge is 2.57. The minimum absolute atomic E-state index is 0.0750. The predicted octanol–water partition coefficient (Wildman–Crippen LogP) is 5.38. The molecule has 0 spiro atoms. The second-order valence-electron chi connectivity index (χ2n) is 11.5. The number of aromatic hydroxyl groups is 1. The zero-order chi connectivity index (χ0) is 31.8. The maximum absolute atomic E-state index is 13.9. The van der Waals surface area contributed by atoms with Gasteiger partial charge in [0, 0.05) is 22.2 Å². The average Bonchev–Trinajstić information content (AvgIpc) is 3.29. The van der Waals surface area contributed by atoms with Crippen LogP contribution < -0.4 is 4.90 Å². The van der Waals surface area contributed by atoms with Gasteiger partial charge in [0.1, 0.15) is 5.75 Å². The predicted molar refractivity (Wildman–Crippen MR) is 172 cm³/mol. The molecule has 1 aliphatic carbocycles. The topological polar surface area (TPSA) is 150 Å². The smallest absolute Gasteiger partial charge is 0.455 e. The molecule has 0 aromatic heterocycles. The Balaban J connectivity index is 1.32. The molecule has 0 unspecified atom stereocenters. The van der Waals surface area contributed by atoms with Gasteiger partial charge in [-0.05, 0) is 84.1 Å². The largest absolute Gasteiger partial charge is 0.507 e. The van der Waals surface area contributed by atoms with Crippen molar-refractivity contribution in [3.8, 4) is 5.75 Å². The van der Waals surface area contributed by atoms with E-state index >= 15 is 0 Å². The first-order chi connectivity index (χ1) is 21.7. The molecule has 2 saturated heterocycles. The molecule has 2 aliphatic heterocycles. The molecule has 4 atom stereocenters. The molecule has 10 nitrogen and oxygen atoms in total. The third-order valence-electron chi connectivity index (χ3n) is 8.94. The van der Waals surface area contributed by atoms with Gasteiger partial charge < -0.3 is 19.9 Å². The molecular weight excluding hydrogens is 643 g/mol. The zero-order valence-corrected chi connectivity index (χ0v) is 25.7. The van der Waals surface area contributed by atoms with Gasteiger partial charge in [-0.1, -0.05) is 52.3 Å². The van der Waals surface area contributed by atoms with Crippen LogP contribution in [0.3, 0.4) is 0 Å². The number of imide groups is 1. The lowest BCUT2D eigenvalue weighted by molar-refractivity contribution is -0.384. The molecule has 2 heterocycles. The van der Waals surface area contributed by atoms with Crippen LogP contribution in [0.2, 0.25) is 6.32 Å². The van der Waals surface area contributed by atoms with Crippen LogP contribution in [0.15, 0.2) is 88.4 Å².